The monoisotopic (exact) mass is 307 g/mol. The molecule has 2 N–H and O–H groups in total. The molecule has 1 aromatic carbocycles. The van der Waals surface area contributed by atoms with E-state index in [0.29, 0.717) is 22.6 Å². The zero-order valence-electron chi connectivity index (χ0n) is 11.5. The van der Waals surface area contributed by atoms with Crippen LogP contribution in [0.25, 0.3) is 0 Å². The van der Waals surface area contributed by atoms with Crippen LogP contribution in [-0.2, 0) is 0 Å². The summed E-state index contributed by atoms with van der Waals surface area (Å²) in [5.41, 5.74) is 3.87. The minimum atomic E-state index is -0.341. The van der Waals surface area contributed by atoms with E-state index in [-0.39, 0.29) is 6.17 Å². The molecule has 0 saturated heterocycles. The summed E-state index contributed by atoms with van der Waals surface area (Å²) >= 11 is 6.02. The molecule has 0 aromatic heterocycles. The Kier molecular flexibility index (Phi) is 3.57. The van der Waals surface area contributed by atoms with Gasteiger partial charge in [-0.05, 0) is 0 Å². The molecule has 1 atom stereocenters. The van der Waals surface area contributed by atoms with Gasteiger partial charge in [0.2, 0.25) is 5.96 Å². The van der Waals surface area contributed by atoms with Gasteiger partial charge in [0, 0.05) is 36.3 Å². The van der Waals surface area contributed by atoms with Gasteiger partial charge in [-0.2, -0.15) is 0 Å². The molecule has 0 fully saturated rings. The Bertz CT molecular complexity index is 621. The first-order chi connectivity index (χ1) is 10.2. The molecule has 7 nitrogen and oxygen atoms in total. The Labute approximate surface area is 126 Å². The Morgan fingerprint density at radius 1 is 1.24 bits per heavy atom. The first-order valence-corrected chi connectivity index (χ1v) is 6.60. The van der Waals surface area contributed by atoms with Crippen molar-refractivity contribution >= 4 is 28.4 Å². The normalized spacial score (nSPS) is 19.4. The number of hydrogen-bond acceptors (Lipinski definition) is 7. The van der Waals surface area contributed by atoms with E-state index in [2.05, 4.69) is 20.7 Å². The first kappa shape index (κ1) is 13.6. The van der Waals surface area contributed by atoms with Gasteiger partial charge in [-0.25, -0.2) is 9.98 Å². The minimum absolute atomic E-state index is 0.341. The number of nitrogens with one attached hydrogen (secondary N) is 2. The highest BCUT2D eigenvalue weighted by atomic mass is 35.5. The first-order valence-electron chi connectivity index (χ1n) is 6.22. The third-order valence-corrected chi connectivity index (χ3v) is 3.30. The summed E-state index contributed by atoms with van der Waals surface area (Å²) in [4.78, 5) is 8.44. The highest BCUT2D eigenvalue weighted by molar-refractivity contribution is 6.66. The summed E-state index contributed by atoms with van der Waals surface area (Å²) in [7, 11) is 3.20. The van der Waals surface area contributed by atoms with Crippen LogP contribution >= 0.6 is 11.6 Å². The molecule has 2 aliphatic rings. The van der Waals surface area contributed by atoms with Crippen LogP contribution in [0.15, 0.2) is 40.6 Å². The SMILES string of the molecule is COc1cc(NC2=NC3C(Cl)=NC=CN3N2)cc(OC)c1. The predicted molar refractivity (Wildman–Crippen MR) is 81.8 cm³/mol. The largest absolute Gasteiger partial charge is 0.497 e. The average Bonchev–Trinajstić information content (AvgIpc) is 2.90. The standard InChI is InChI=1S/C13H14ClN5O2/c1-20-9-5-8(6-10(7-9)21-2)16-13-17-12-11(14)15-3-4-19(12)18-13/h3-7,12H,1-2H3,(H2,16,17,18). The lowest BCUT2D eigenvalue weighted by Crippen LogP contribution is -2.41. The molecule has 0 spiro atoms. The van der Waals surface area contributed by atoms with Crippen LogP contribution in [0.5, 0.6) is 11.5 Å². The molecule has 0 amide bonds. The molecule has 0 aliphatic carbocycles. The van der Waals surface area contributed by atoms with Crippen LogP contribution in [0.3, 0.4) is 0 Å². The second kappa shape index (κ2) is 5.53. The fourth-order valence-corrected chi connectivity index (χ4v) is 2.21. The number of halogens is 1. The second-order valence-corrected chi connectivity index (χ2v) is 4.73. The van der Waals surface area contributed by atoms with Gasteiger partial charge in [0.15, 0.2) is 11.3 Å². The number of methoxy groups -OCH3 is 2. The van der Waals surface area contributed by atoms with Crippen LogP contribution in [0.2, 0.25) is 0 Å². The van der Waals surface area contributed by atoms with Gasteiger partial charge in [0.1, 0.15) is 11.5 Å². The van der Waals surface area contributed by atoms with Crippen molar-refractivity contribution in [1.29, 1.82) is 0 Å². The lowest BCUT2D eigenvalue weighted by atomic mass is 10.3. The highest BCUT2D eigenvalue weighted by Gasteiger charge is 2.29. The Balaban J connectivity index is 1.80. The Morgan fingerprint density at radius 3 is 2.57 bits per heavy atom. The summed E-state index contributed by atoms with van der Waals surface area (Å²) in [6.45, 7) is 0. The van der Waals surface area contributed by atoms with Crippen molar-refractivity contribution in [3.63, 3.8) is 0 Å². The topological polar surface area (TPSA) is 70.5 Å². The summed E-state index contributed by atoms with van der Waals surface area (Å²) in [5, 5.41) is 5.32. The molecule has 2 aliphatic heterocycles. The molecule has 2 heterocycles. The van der Waals surface area contributed by atoms with Crippen molar-refractivity contribution in [3.05, 3.63) is 30.6 Å². The Hall–Kier alpha value is -2.41. The number of ether oxygens (including phenoxy) is 2. The molecular formula is C13H14ClN5O2. The van der Waals surface area contributed by atoms with Crippen molar-refractivity contribution in [2.24, 2.45) is 9.98 Å². The van der Waals surface area contributed by atoms with E-state index in [4.69, 9.17) is 21.1 Å². The molecule has 3 rings (SSSR count). The molecule has 1 aromatic rings. The number of hydrogen-bond donors (Lipinski definition) is 2. The maximum absolute atomic E-state index is 6.02. The van der Waals surface area contributed by atoms with E-state index in [9.17, 15) is 0 Å². The predicted octanol–water partition coefficient (Wildman–Crippen LogP) is 1.74. The van der Waals surface area contributed by atoms with E-state index >= 15 is 0 Å². The lowest BCUT2D eigenvalue weighted by molar-refractivity contribution is 0.330. The maximum Gasteiger partial charge on any atom is 0.217 e. The van der Waals surface area contributed by atoms with Crippen molar-refractivity contribution in [1.82, 2.24) is 10.4 Å². The zero-order valence-corrected chi connectivity index (χ0v) is 12.3. The van der Waals surface area contributed by atoms with Gasteiger partial charge in [0.25, 0.3) is 0 Å². The number of anilines is 1. The number of aliphatic imine (C=N–C) groups is 2. The van der Waals surface area contributed by atoms with Crippen molar-refractivity contribution in [2.45, 2.75) is 6.17 Å². The third-order valence-electron chi connectivity index (χ3n) is 3.00. The molecule has 1 unspecified atom stereocenters. The molecule has 0 bridgehead atoms. The van der Waals surface area contributed by atoms with Crippen LogP contribution < -0.4 is 20.2 Å². The van der Waals surface area contributed by atoms with Crippen LogP contribution in [-0.4, -0.2) is 36.5 Å². The molecule has 8 heteroatoms. The number of rotatable bonds is 3. The van der Waals surface area contributed by atoms with Gasteiger partial charge in [-0.3, -0.25) is 10.4 Å². The molecular weight excluding hydrogens is 294 g/mol. The van der Waals surface area contributed by atoms with E-state index < -0.39 is 0 Å². The summed E-state index contributed by atoms with van der Waals surface area (Å²) in [6, 6.07) is 5.48. The van der Waals surface area contributed by atoms with Crippen LogP contribution in [0.4, 0.5) is 5.69 Å². The smallest absolute Gasteiger partial charge is 0.217 e. The molecule has 0 saturated carbocycles. The lowest BCUT2D eigenvalue weighted by Gasteiger charge is -2.21. The van der Waals surface area contributed by atoms with Crippen LogP contribution in [0.1, 0.15) is 0 Å². The summed E-state index contributed by atoms with van der Waals surface area (Å²) < 4.78 is 10.5. The van der Waals surface area contributed by atoms with Crippen LogP contribution in [0, 0.1) is 0 Å². The van der Waals surface area contributed by atoms with Gasteiger partial charge in [-0.1, -0.05) is 11.6 Å². The molecule has 110 valence electrons. The summed E-state index contributed by atoms with van der Waals surface area (Å²) in [5.74, 6) is 1.94. The fraction of sp³-hybridized carbons (Fsp3) is 0.231. The number of guanidine groups is 1. The van der Waals surface area contributed by atoms with Crippen molar-refractivity contribution in [2.75, 3.05) is 19.5 Å². The van der Waals surface area contributed by atoms with E-state index in [0.717, 1.165) is 5.69 Å². The van der Waals surface area contributed by atoms with Gasteiger partial charge in [-0.15, -0.1) is 0 Å². The summed E-state index contributed by atoms with van der Waals surface area (Å²) in [6.07, 6.45) is 3.03. The number of benzene rings is 1. The number of fused-ring (bicyclic) bond motifs is 1. The van der Waals surface area contributed by atoms with Gasteiger partial charge >= 0.3 is 0 Å². The van der Waals surface area contributed by atoms with Crippen molar-refractivity contribution < 1.29 is 9.47 Å². The quantitative estimate of drug-likeness (QED) is 0.890. The molecule has 0 radical (unpaired) electrons. The Morgan fingerprint density at radius 2 is 1.95 bits per heavy atom. The third kappa shape index (κ3) is 2.73. The second-order valence-electron chi connectivity index (χ2n) is 4.35. The van der Waals surface area contributed by atoms with E-state index in [1.165, 1.54) is 0 Å². The maximum atomic E-state index is 6.02. The van der Waals surface area contributed by atoms with Gasteiger partial charge in [0.05, 0.1) is 14.2 Å². The van der Waals surface area contributed by atoms with Crippen molar-refractivity contribution in [3.8, 4) is 11.5 Å². The van der Waals surface area contributed by atoms with Gasteiger partial charge < -0.3 is 14.8 Å². The van der Waals surface area contributed by atoms with E-state index in [1.54, 1.807) is 37.7 Å². The minimum Gasteiger partial charge on any atom is -0.497 e. The molecule has 21 heavy (non-hydrogen) atoms. The fourth-order valence-electron chi connectivity index (χ4n) is 2.00. The highest BCUT2D eigenvalue weighted by Crippen LogP contribution is 2.26. The van der Waals surface area contributed by atoms with E-state index in [1.807, 2.05) is 12.1 Å². The number of hydrazine groups is 1. The average molecular weight is 308 g/mol. The number of nitrogens with zero attached hydrogens (tertiary/aromatic N) is 3. The zero-order chi connectivity index (χ0) is 14.8.